The molecule has 1 aromatic rings. The normalized spacial score (nSPS) is 11.7. The van der Waals surface area contributed by atoms with Gasteiger partial charge >= 0.3 is 0 Å². The van der Waals surface area contributed by atoms with Gasteiger partial charge in [0.15, 0.2) is 0 Å². The molecule has 0 fully saturated rings. The molecule has 0 saturated heterocycles. The lowest BCUT2D eigenvalue weighted by atomic mass is 9.98. The maximum Gasteiger partial charge on any atom is 0.134 e. The quantitative estimate of drug-likeness (QED) is 0.409. The molecule has 1 nitrogen and oxygen atoms in total. The molecule has 0 atom stereocenters. The van der Waals surface area contributed by atoms with Crippen LogP contribution in [0.5, 0.6) is 0 Å². The Bertz CT molecular complexity index is 600. The Morgan fingerprint density at radius 3 is 2.36 bits per heavy atom. The van der Waals surface area contributed by atoms with E-state index in [1.54, 1.807) is 12.2 Å². The van der Waals surface area contributed by atoms with Gasteiger partial charge in [0, 0.05) is 11.1 Å². The molecule has 0 aliphatic carbocycles. The molecule has 0 aromatic heterocycles. The Morgan fingerprint density at radius 1 is 1.14 bits per heavy atom. The van der Waals surface area contributed by atoms with Crippen molar-refractivity contribution in [2.75, 3.05) is 6.61 Å². The first-order chi connectivity index (χ1) is 10.7. The molecule has 0 unspecified atom stereocenters. The molecule has 0 heterocycles. The zero-order chi connectivity index (χ0) is 16.4. The Hall–Kier alpha value is -2.54. The molecule has 0 radical (unpaired) electrons. The van der Waals surface area contributed by atoms with Crippen LogP contribution in [0, 0.1) is 0 Å². The molecule has 1 rings (SSSR count). The maximum atomic E-state index is 5.95. The van der Waals surface area contributed by atoms with Crippen LogP contribution in [0.4, 0.5) is 0 Å². The van der Waals surface area contributed by atoms with Crippen molar-refractivity contribution in [3.8, 4) is 0 Å². The van der Waals surface area contributed by atoms with E-state index in [1.807, 2.05) is 42.5 Å². The monoisotopic (exact) mass is 292 g/mol. The van der Waals surface area contributed by atoms with E-state index in [-0.39, 0.29) is 0 Å². The maximum absolute atomic E-state index is 5.95. The second-order valence-corrected chi connectivity index (χ2v) is 4.76. The summed E-state index contributed by atoms with van der Waals surface area (Å²) in [5, 5.41) is 0. The fourth-order valence-corrected chi connectivity index (χ4v) is 1.92. The van der Waals surface area contributed by atoms with Crippen molar-refractivity contribution in [1.29, 1.82) is 0 Å². The van der Waals surface area contributed by atoms with Crippen molar-refractivity contribution in [1.82, 2.24) is 0 Å². The average molecular weight is 292 g/mol. The number of allylic oxidation sites excluding steroid dienone is 6. The van der Waals surface area contributed by atoms with Gasteiger partial charge in [0.25, 0.3) is 0 Å². The van der Waals surface area contributed by atoms with Gasteiger partial charge in [-0.3, -0.25) is 0 Å². The van der Waals surface area contributed by atoms with Crippen LogP contribution in [0.2, 0.25) is 0 Å². The minimum absolute atomic E-state index is 0.622. The van der Waals surface area contributed by atoms with E-state index in [1.165, 1.54) is 0 Å². The van der Waals surface area contributed by atoms with Crippen molar-refractivity contribution in [2.45, 2.75) is 13.3 Å². The topological polar surface area (TPSA) is 9.23 Å². The van der Waals surface area contributed by atoms with Crippen LogP contribution in [0.25, 0.3) is 5.57 Å². The smallest absolute Gasteiger partial charge is 0.134 e. The number of rotatable bonds is 9. The summed E-state index contributed by atoms with van der Waals surface area (Å²) in [5.41, 5.74) is 3.52. The van der Waals surface area contributed by atoms with Crippen molar-refractivity contribution in [3.63, 3.8) is 0 Å². The Labute approximate surface area is 134 Å². The molecule has 0 aliphatic rings. The second-order valence-electron chi connectivity index (χ2n) is 4.76. The van der Waals surface area contributed by atoms with E-state index < -0.39 is 0 Å². The van der Waals surface area contributed by atoms with E-state index in [4.69, 9.17) is 4.74 Å². The van der Waals surface area contributed by atoms with E-state index in [2.05, 4.69) is 33.2 Å². The Morgan fingerprint density at radius 2 is 1.82 bits per heavy atom. The van der Waals surface area contributed by atoms with Crippen molar-refractivity contribution >= 4 is 5.57 Å². The second kappa shape index (κ2) is 9.41. The molecule has 0 amide bonds. The van der Waals surface area contributed by atoms with Crippen LogP contribution in [-0.2, 0) is 4.74 Å². The highest BCUT2D eigenvalue weighted by atomic mass is 16.5. The first kappa shape index (κ1) is 17.5. The largest absolute Gasteiger partial charge is 0.492 e. The van der Waals surface area contributed by atoms with Gasteiger partial charge in [0.1, 0.15) is 5.76 Å². The molecule has 22 heavy (non-hydrogen) atoms. The lowest BCUT2D eigenvalue weighted by molar-refractivity contribution is 0.223. The summed E-state index contributed by atoms with van der Waals surface area (Å²) in [7, 11) is 0. The van der Waals surface area contributed by atoms with Gasteiger partial charge in [0.05, 0.1) is 6.61 Å². The van der Waals surface area contributed by atoms with Crippen LogP contribution in [0.15, 0.2) is 97.9 Å². The SMILES string of the molecule is C=C/C=C\C(=C)C(=C)/C(OCCC)=C(\C=C)c1ccccc1. The lowest BCUT2D eigenvalue weighted by Crippen LogP contribution is -2.02. The van der Waals surface area contributed by atoms with E-state index in [0.717, 1.165) is 34.5 Å². The van der Waals surface area contributed by atoms with Crippen LogP contribution in [-0.4, -0.2) is 6.61 Å². The fourth-order valence-electron chi connectivity index (χ4n) is 1.92. The first-order valence-corrected chi connectivity index (χ1v) is 7.38. The summed E-state index contributed by atoms with van der Waals surface area (Å²) in [6.07, 6.45) is 8.14. The van der Waals surface area contributed by atoms with Gasteiger partial charge in [-0.05, 0) is 17.6 Å². The molecule has 0 bridgehead atoms. The standard InChI is InChI=1S/C21H24O/c1-6-9-13-17(4)18(5)21(22-16-7-2)20(8-3)19-14-11-10-12-15-19/h6,8-15H,1,3-5,7,16H2,2H3/b13-9-,21-20-. The van der Waals surface area contributed by atoms with Crippen molar-refractivity contribution in [3.05, 3.63) is 103 Å². The van der Waals surface area contributed by atoms with Gasteiger partial charge < -0.3 is 4.74 Å². The molecule has 0 spiro atoms. The Kier molecular flexibility index (Phi) is 7.49. The predicted octanol–water partition coefficient (Wildman–Crippen LogP) is 5.86. The summed E-state index contributed by atoms with van der Waals surface area (Å²) in [6.45, 7) is 18.5. The zero-order valence-electron chi connectivity index (χ0n) is 13.3. The van der Waals surface area contributed by atoms with Gasteiger partial charge in [-0.25, -0.2) is 0 Å². The highest BCUT2D eigenvalue weighted by Gasteiger charge is 2.13. The first-order valence-electron chi connectivity index (χ1n) is 7.38. The minimum Gasteiger partial charge on any atom is -0.492 e. The summed E-state index contributed by atoms with van der Waals surface area (Å²) in [4.78, 5) is 0. The number of hydrogen-bond acceptors (Lipinski definition) is 1. The summed E-state index contributed by atoms with van der Waals surface area (Å²) in [6, 6.07) is 10.0. The van der Waals surface area contributed by atoms with E-state index in [9.17, 15) is 0 Å². The molecular formula is C21H24O. The van der Waals surface area contributed by atoms with Gasteiger partial charge in [-0.2, -0.15) is 0 Å². The summed E-state index contributed by atoms with van der Waals surface area (Å²) < 4.78 is 5.95. The van der Waals surface area contributed by atoms with E-state index in [0.29, 0.717) is 6.61 Å². The number of hydrogen-bond donors (Lipinski definition) is 0. The minimum atomic E-state index is 0.622. The number of benzene rings is 1. The van der Waals surface area contributed by atoms with Crippen LogP contribution < -0.4 is 0 Å². The average Bonchev–Trinajstić information content (AvgIpc) is 2.56. The third kappa shape index (κ3) is 4.78. The van der Waals surface area contributed by atoms with Crippen molar-refractivity contribution in [2.24, 2.45) is 0 Å². The van der Waals surface area contributed by atoms with Crippen LogP contribution in [0.1, 0.15) is 18.9 Å². The fraction of sp³-hybridized carbons (Fsp3) is 0.143. The highest BCUT2D eigenvalue weighted by molar-refractivity contribution is 5.79. The van der Waals surface area contributed by atoms with E-state index >= 15 is 0 Å². The van der Waals surface area contributed by atoms with Gasteiger partial charge in [0.2, 0.25) is 0 Å². The highest BCUT2D eigenvalue weighted by Crippen LogP contribution is 2.29. The molecule has 0 saturated carbocycles. The van der Waals surface area contributed by atoms with Gasteiger partial charge in [-0.1, -0.05) is 87.9 Å². The Balaban J connectivity index is 3.30. The third-order valence-electron chi connectivity index (χ3n) is 3.08. The lowest BCUT2D eigenvalue weighted by Gasteiger charge is -2.17. The molecule has 0 aliphatic heterocycles. The van der Waals surface area contributed by atoms with Crippen LogP contribution >= 0.6 is 0 Å². The molecule has 0 N–H and O–H groups in total. The molecule has 114 valence electrons. The third-order valence-corrected chi connectivity index (χ3v) is 3.08. The molecule has 1 heteroatoms. The van der Waals surface area contributed by atoms with Crippen molar-refractivity contribution < 1.29 is 4.74 Å². The predicted molar refractivity (Wildman–Crippen MR) is 97.4 cm³/mol. The number of ether oxygens (including phenoxy) is 1. The summed E-state index contributed by atoms with van der Waals surface area (Å²) >= 11 is 0. The zero-order valence-corrected chi connectivity index (χ0v) is 13.3. The summed E-state index contributed by atoms with van der Waals surface area (Å²) in [5.74, 6) is 0.724. The van der Waals surface area contributed by atoms with Crippen LogP contribution in [0.3, 0.4) is 0 Å². The molecule has 1 aromatic carbocycles. The van der Waals surface area contributed by atoms with Gasteiger partial charge in [-0.15, -0.1) is 0 Å². The molecular weight excluding hydrogens is 268 g/mol.